The van der Waals surface area contributed by atoms with Gasteiger partial charge in [0.15, 0.2) is 5.78 Å². The summed E-state index contributed by atoms with van der Waals surface area (Å²) in [6, 6.07) is 6.27. The number of nitrogens with zero attached hydrogens (tertiary/aromatic N) is 1. The molecule has 128 valence electrons. The minimum absolute atomic E-state index is 0.205. The summed E-state index contributed by atoms with van der Waals surface area (Å²) >= 11 is 0. The molecule has 0 spiro atoms. The van der Waals surface area contributed by atoms with Crippen LogP contribution in [0.4, 0.5) is 0 Å². The maximum absolute atomic E-state index is 12.8. The van der Waals surface area contributed by atoms with Crippen LogP contribution in [0.15, 0.2) is 18.2 Å². The van der Waals surface area contributed by atoms with Gasteiger partial charge in [-0.1, -0.05) is 46.8 Å². The molecule has 0 fully saturated rings. The minimum Gasteiger partial charge on any atom is -0.492 e. The molecule has 0 saturated heterocycles. The van der Waals surface area contributed by atoms with E-state index in [0.29, 0.717) is 6.04 Å². The Bertz CT molecular complexity index is 539. The lowest BCUT2D eigenvalue weighted by Crippen LogP contribution is -2.44. The molecule has 0 radical (unpaired) electrons. The van der Waals surface area contributed by atoms with Gasteiger partial charge in [-0.25, -0.2) is 0 Å². The lowest BCUT2D eigenvalue weighted by Gasteiger charge is -2.36. The van der Waals surface area contributed by atoms with Gasteiger partial charge in [-0.2, -0.15) is 0 Å². The zero-order valence-corrected chi connectivity index (χ0v) is 15.3. The van der Waals surface area contributed by atoms with Crippen LogP contribution < -0.4 is 4.74 Å². The molecule has 1 heterocycles. The standard InChI is InChI=1S/C20H31NO2/c1-6-11-21(12-7-2)15-13-17-16(19(22)20(3,4)5)9-8-10-18(17)23-14-15/h8-10,15H,6-7,11-14H2,1-5H3. The van der Waals surface area contributed by atoms with Crippen molar-refractivity contribution in [3.8, 4) is 5.75 Å². The Labute approximate surface area is 141 Å². The van der Waals surface area contributed by atoms with Gasteiger partial charge < -0.3 is 4.74 Å². The van der Waals surface area contributed by atoms with Gasteiger partial charge in [0.25, 0.3) is 0 Å². The Kier molecular flexibility index (Phi) is 5.85. The first-order valence-electron chi connectivity index (χ1n) is 8.92. The van der Waals surface area contributed by atoms with Gasteiger partial charge in [-0.15, -0.1) is 0 Å². The Morgan fingerprint density at radius 2 is 1.87 bits per heavy atom. The van der Waals surface area contributed by atoms with Gasteiger partial charge in [0.1, 0.15) is 12.4 Å². The van der Waals surface area contributed by atoms with E-state index in [1.165, 1.54) is 0 Å². The zero-order chi connectivity index (χ0) is 17.0. The van der Waals surface area contributed by atoms with E-state index in [-0.39, 0.29) is 11.2 Å². The smallest absolute Gasteiger partial charge is 0.168 e. The number of fused-ring (bicyclic) bond motifs is 1. The Balaban J connectivity index is 2.29. The van der Waals surface area contributed by atoms with Crippen LogP contribution in [0.5, 0.6) is 5.75 Å². The largest absolute Gasteiger partial charge is 0.492 e. The van der Waals surface area contributed by atoms with Crippen molar-refractivity contribution in [3.05, 3.63) is 29.3 Å². The molecule has 1 atom stereocenters. The SMILES string of the molecule is CCCN(CCC)C1COc2cccc(C(=O)C(C)(C)C)c2C1. The minimum atomic E-state index is -0.366. The highest BCUT2D eigenvalue weighted by molar-refractivity contribution is 6.01. The summed E-state index contributed by atoms with van der Waals surface area (Å²) in [5, 5.41) is 0. The van der Waals surface area contributed by atoms with Crippen LogP contribution >= 0.6 is 0 Å². The van der Waals surface area contributed by atoms with Crippen molar-refractivity contribution in [2.75, 3.05) is 19.7 Å². The maximum atomic E-state index is 12.8. The van der Waals surface area contributed by atoms with E-state index in [4.69, 9.17) is 4.74 Å². The Hall–Kier alpha value is -1.35. The topological polar surface area (TPSA) is 29.5 Å². The number of hydrogen-bond acceptors (Lipinski definition) is 3. The fourth-order valence-electron chi connectivity index (χ4n) is 3.29. The van der Waals surface area contributed by atoms with Crippen molar-refractivity contribution in [2.24, 2.45) is 5.41 Å². The molecule has 23 heavy (non-hydrogen) atoms. The van der Waals surface area contributed by atoms with E-state index in [1.807, 2.05) is 39.0 Å². The van der Waals surface area contributed by atoms with E-state index >= 15 is 0 Å². The average molecular weight is 317 g/mol. The third-order valence-electron chi connectivity index (χ3n) is 4.47. The molecule has 1 aromatic carbocycles. The fraction of sp³-hybridized carbons (Fsp3) is 0.650. The van der Waals surface area contributed by atoms with E-state index in [9.17, 15) is 4.79 Å². The predicted molar refractivity (Wildman–Crippen MR) is 95.4 cm³/mol. The average Bonchev–Trinajstić information content (AvgIpc) is 2.52. The van der Waals surface area contributed by atoms with Crippen LogP contribution in [0, 0.1) is 5.41 Å². The number of hydrogen-bond donors (Lipinski definition) is 0. The highest BCUT2D eigenvalue weighted by atomic mass is 16.5. The first-order valence-corrected chi connectivity index (χ1v) is 8.92. The third-order valence-corrected chi connectivity index (χ3v) is 4.47. The van der Waals surface area contributed by atoms with Crippen LogP contribution in [-0.2, 0) is 6.42 Å². The third kappa shape index (κ3) is 4.14. The number of ketones is 1. The van der Waals surface area contributed by atoms with E-state index < -0.39 is 0 Å². The lowest BCUT2D eigenvalue weighted by atomic mass is 9.83. The Morgan fingerprint density at radius 3 is 2.43 bits per heavy atom. The summed E-state index contributed by atoms with van der Waals surface area (Å²) in [6.45, 7) is 13.3. The van der Waals surface area contributed by atoms with Crippen molar-refractivity contribution in [3.63, 3.8) is 0 Å². The van der Waals surface area contributed by atoms with Gasteiger partial charge in [0.05, 0.1) is 0 Å². The summed E-state index contributed by atoms with van der Waals surface area (Å²) in [5.41, 5.74) is 1.57. The number of ether oxygens (including phenoxy) is 1. The van der Waals surface area contributed by atoms with Gasteiger partial charge in [-0.3, -0.25) is 9.69 Å². The first kappa shape index (κ1) is 18.0. The molecule has 0 N–H and O–H groups in total. The van der Waals surface area contributed by atoms with Crippen molar-refractivity contribution < 1.29 is 9.53 Å². The van der Waals surface area contributed by atoms with E-state index in [0.717, 1.165) is 55.8 Å². The van der Waals surface area contributed by atoms with Gasteiger partial charge in [-0.05, 0) is 38.4 Å². The molecular formula is C20H31NO2. The monoisotopic (exact) mass is 317 g/mol. The van der Waals surface area contributed by atoms with Crippen molar-refractivity contribution >= 4 is 5.78 Å². The number of Topliss-reactive ketones (excluding diaryl/α,β-unsaturated/α-hetero) is 1. The summed E-state index contributed by atoms with van der Waals surface area (Å²) in [7, 11) is 0. The molecule has 0 bridgehead atoms. The highest BCUT2D eigenvalue weighted by Gasteiger charge is 2.31. The lowest BCUT2D eigenvalue weighted by molar-refractivity contribution is 0.0849. The summed E-state index contributed by atoms with van der Waals surface area (Å²) in [4.78, 5) is 15.3. The molecule has 3 heteroatoms. The quantitative estimate of drug-likeness (QED) is 0.731. The first-order chi connectivity index (χ1) is 10.9. The van der Waals surface area contributed by atoms with Crippen LogP contribution in [0.3, 0.4) is 0 Å². The van der Waals surface area contributed by atoms with Crippen molar-refractivity contribution in [1.82, 2.24) is 4.90 Å². The molecule has 1 aliphatic heterocycles. The molecule has 1 aromatic rings. The van der Waals surface area contributed by atoms with E-state index in [1.54, 1.807) is 0 Å². The molecule has 0 aromatic heterocycles. The van der Waals surface area contributed by atoms with Crippen LogP contribution in [0.2, 0.25) is 0 Å². The normalized spacial score (nSPS) is 17.7. The second-order valence-corrected chi connectivity index (χ2v) is 7.57. The van der Waals surface area contributed by atoms with Crippen LogP contribution in [-0.4, -0.2) is 36.4 Å². The van der Waals surface area contributed by atoms with Crippen molar-refractivity contribution in [1.29, 1.82) is 0 Å². The van der Waals surface area contributed by atoms with Gasteiger partial charge >= 0.3 is 0 Å². The molecular weight excluding hydrogens is 286 g/mol. The Morgan fingerprint density at radius 1 is 1.22 bits per heavy atom. The van der Waals surface area contributed by atoms with Gasteiger partial charge in [0, 0.05) is 22.6 Å². The van der Waals surface area contributed by atoms with E-state index in [2.05, 4.69) is 18.7 Å². The number of carbonyl (C=O) groups excluding carboxylic acids is 1. The molecule has 0 saturated carbocycles. The molecule has 0 aliphatic carbocycles. The molecule has 2 rings (SSSR count). The highest BCUT2D eigenvalue weighted by Crippen LogP contribution is 2.33. The molecule has 0 amide bonds. The summed E-state index contributed by atoms with van der Waals surface area (Å²) in [5.74, 6) is 1.10. The van der Waals surface area contributed by atoms with Crippen LogP contribution in [0.1, 0.15) is 63.4 Å². The second kappa shape index (κ2) is 7.48. The summed E-state index contributed by atoms with van der Waals surface area (Å²) in [6.07, 6.45) is 3.20. The van der Waals surface area contributed by atoms with Gasteiger partial charge in [0.2, 0.25) is 0 Å². The molecule has 1 aliphatic rings. The fourth-order valence-corrected chi connectivity index (χ4v) is 3.29. The predicted octanol–water partition coefficient (Wildman–Crippen LogP) is 4.34. The number of carbonyl (C=O) groups is 1. The van der Waals surface area contributed by atoms with Crippen LogP contribution in [0.25, 0.3) is 0 Å². The molecule has 1 unspecified atom stereocenters. The number of benzene rings is 1. The maximum Gasteiger partial charge on any atom is 0.168 e. The summed E-state index contributed by atoms with van der Waals surface area (Å²) < 4.78 is 6.02. The second-order valence-electron chi connectivity index (χ2n) is 7.57. The van der Waals surface area contributed by atoms with Crippen molar-refractivity contribution in [2.45, 2.75) is 59.9 Å². The molecule has 3 nitrogen and oxygen atoms in total. The number of rotatable bonds is 6. The zero-order valence-electron chi connectivity index (χ0n) is 15.3.